The normalized spacial score (nSPS) is 16.5. The summed E-state index contributed by atoms with van der Waals surface area (Å²) in [5.74, 6) is 0.871. The van der Waals surface area contributed by atoms with Crippen LogP contribution in [-0.2, 0) is 23.1 Å². The van der Waals surface area contributed by atoms with Crippen molar-refractivity contribution in [2.45, 2.75) is 25.2 Å². The minimum atomic E-state index is -3.51. The fraction of sp³-hybridized carbons (Fsp3) is 0.346. The summed E-state index contributed by atoms with van der Waals surface area (Å²) in [5, 5.41) is 9.12. The fourth-order valence-electron chi connectivity index (χ4n) is 4.45. The van der Waals surface area contributed by atoms with Crippen LogP contribution in [0.15, 0.2) is 48.7 Å². The molecule has 2 amide bonds. The molecule has 0 radical (unpaired) electrons. The van der Waals surface area contributed by atoms with Crippen LogP contribution in [0.2, 0.25) is 0 Å². The lowest BCUT2D eigenvalue weighted by Gasteiger charge is -2.30. The molecule has 0 saturated heterocycles. The number of rotatable bonds is 9. The highest BCUT2D eigenvalue weighted by atomic mass is 32.2. The van der Waals surface area contributed by atoms with E-state index >= 15 is 0 Å². The van der Waals surface area contributed by atoms with Gasteiger partial charge in [0.25, 0.3) is 0 Å². The summed E-state index contributed by atoms with van der Waals surface area (Å²) in [6.45, 7) is -0.807. The number of ether oxygens (including phenoxy) is 1. The van der Waals surface area contributed by atoms with E-state index in [9.17, 15) is 17.6 Å². The lowest BCUT2D eigenvalue weighted by molar-refractivity contribution is 0.230. The Balaban J connectivity index is 1.61. The maximum absolute atomic E-state index is 13.9. The number of carbonyl (C=O) groups is 1. The van der Waals surface area contributed by atoms with E-state index in [2.05, 4.69) is 25.9 Å². The van der Waals surface area contributed by atoms with Crippen LogP contribution < -0.4 is 20.7 Å². The molecule has 2 aromatic carbocycles. The second-order valence-electron chi connectivity index (χ2n) is 9.44. The lowest BCUT2D eigenvalue weighted by Crippen LogP contribution is -2.39. The van der Waals surface area contributed by atoms with Gasteiger partial charge in [-0.05, 0) is 29.7 Å². The first kappa shape index (κ1) is 28.0. The van der Waals surface area contributed by atoms with Crippen LogP contribution in [0.1, 0.15) is 22.7 Å². The number of nitrogens with one attached hydrogen (secondary N) is 3. The van der Waals surface area contributed by atoms with Crippen LogP contribution in [0.25, 0.3) is 0 Å². The van der Waals surface area contributed by atoms with Gasteiger partial charge in [-0.3, -0.25) is 0 Å². The maximum atomic E-state index is 13.9. The highest BCUT2D eigenvalue weighted by molar-refractivity contribution is 7.88. The fourth-order valence-corrected chi connectivity index (χ4v) is 5.13. The van der Waals surface area contributed by atoms with Crippen LogP contribution in [0.5, 0.6) is 5.75 Å². The zero-order valence-corrected chi connectivity index (χ0v) is 23.2. The van der Waals surface area contributed by atoms with Crippen molar-refractivity contribution in [1.82, 2.24) is 19.2 Å². The summed E-state index contributed by atoms with van der Waals surface area (Å²) in [6.07, 6.45) is 3.08. The van der Waals surface area contributed by atoms with Crippen molar-refractivity contribution in [3.63, 3.8) is 0 Å². The number of hydrogen-bond donors (Lipinski definition) is 3. The number of urea groups is 1. The predicted molar refractivity (Wildman–Crippen MR) is 149 cm³/mol. The minimum Gasteiger partial charge on any atom is -0.494 e. The number of carbonyl (C=O) groups excluding carboxylic acids is 1. The summed E-state index contributed by atoms with van der Waals surface area (Å²) in [7, 11) is 2.80. The van der Waals surface area contributed by atoms with E-state index < -0.39 is 22.7 Å². The maximum Gasteiger partial charge on any atom is 0.321 e. The van der Waals surface area contributed by atoms with Gasteiger partial charge >= 0.3 is 6.03 Å². The van der Waals surface area contributed by atoms with Crippen molar-refractivity contribution < 1.29 is 22.3 Å². The highest BCUT2D eigenvalue weighted by Gasteiger charge is 2.38. The molecule has 1 heterocycles. The molecule has 3 N–H and O–H groups in total. The molecule has 0 aliphatic heterocycles. The predicted octanol–water partition coefficient (Wildman–Crippen LogP) is 3.76. The molecule has 0 bridgehead atoms. The topological polar surface area (TPSA) is 129 Å². The molecule has 1 aliphatic rings. The minimum absolute atomic E-state index is 0.182. The third-order valence-corrected chi connectivity index (χ3v) is 7.82. The van der Waals surface area contributed by atoms with E-state index in [1.54, 1.807) is 32.3 Å². The van der Waals surface area contributed by atoms with Crippen molar-refractivity contribution in [2.75, 3.05) is 50.5 Å². The third-order valence-electron chi connectivity index (χ3n) is 6.55. The van der Waals surface area contributed by atoms with E-state index in [0.717, 1.165) is 17.4 Å². The number of likely N-dealkylation sites (N-methyl/N-ethyl adjacent to an activating group) is 1. The molecule has 2 atom stereocenters. The quantitative estimate of drug-likeness (QED) is 0.363. The summed E-state index contributed by atoms with van der Waals surface area (Å²) in [5.41, 5.74) is 3.21. The second-order valence-corrected chi connectivity index (χ2v) is 11.5. The van der Waals surface area contributed by atoms with Crippen molar-refractivity contribution in [3.8, 4) is 5.75 Å². The van der Waals surface area contributed by atoms with Gasteiger partial charge in [-0.25, -0.2) is 22.6 Å². The van der Waals surface area contributed by atoms with Crippen LogP contribution >= 0.6 is 0 Å². The van der Waals surface area contributed by atoms with Gasteiger partial charge in [0.15, 0.2) is 0 Å². The van der Waals surface area contributed by atoms with Crippen molar-refractivity contribution in [1.29, 1.82) is 0 Å². The zero-order valence-electron chi connectivity index (χ0n) is 22.4. The monoisotopic (exact) mass is 557 g/mol. The Morgan fingerprint density at radius 2 is 1.92 bits per heavy atom. The Labute approximate surface area is 227 Å². The lowest BCUT2D eigenvalue weighted by atomic mass is 10.1. The van der Waals surface area contributed by atoms with Gasteiger partial charge < -0.3 is 25.6 Å². The summed E-state index contributed by atoms with van der Waals surface area (Å²) < 4.78 is 45.6. The molecule has 3 aromatic rings. The van der Waals surface area contributed by atoms with Gasteiger partial charge in [-0.2, -0.15) is 9.29 Å². The van der Waals surface area contributed by atoms with Gasteiger partial charge in [0, 0.05) is 44.7 Å². The number of aromatic nitrogens is 2. The smallest absolute Gasteiger partial charge is 0.321 e. The van der Waals surface area contributed by atoms with E-state index in [4.69, 9.17) is 4.74 Å². The molecule has 0 fully saturated rings. The van der Waals surface area contributed by atoms with Crippen LogP contribution in [0, 0.1) is 0 Å². The van der Waals surface area contributed by atoms with Crippen LogP contribution in [0.3, 0.4) is 0 Å². The van der Waals surface area contributed by atoms with E-state index in [-0.39, 0.29) is 29.4 Å². The molecule has 0 saturated carbocycles. The second kappa shape index (κ2) is 11.4. The van der Waals surface area contributed by atoms with Crippen LogP contribution in [-0.4, -0.2) is 74.2 Å². The summed E-state index contributed by atoms with van der Waals surface area (Å²) >= 11 is 0. The van der Waals surface area contributed by atoms with Crippen molar-refractivity contribution in [2.24, 2.45) is 0 Å². The SMILES string of the molecule is COc1cc(NC(=O)N(C)C)ccc1Nc1ncc(CF)c(NC2Cc3ccccc3C2N(C)S(C)(=O)=O)n1. The van der Waals surface area contributed by atoms with E-state index in [1.807, 2.05) is 24.3 Å². The Bertz CT molecular complexity index is 1470. The molecule has 39 heavy (non-hydrogen) atoms. The highest BCUT2D eigenvalue weighted by Crippen LogP contribution is 2.38. The third kappa shape index (κ3) is 6.20. The Kier molecular flexibility index (Phi) is 8.21. The molecule has 208 valence electrons. The summed E-state index contributed by atoms with van der Waals surface area (Å²) in [4.78, 5) is 22.2. The molecule has 1 aliphatic carbocycles. The molecule has 2 unspecified atom stereocenters. The first-order chi connectivity index (χ1) is 18.5. The van der Waals surface area contributed by atoms with Crippen LogP contribution in [0.4, 0.5) is 32.3 Å². The average molecular weight is 558 g/mol. The van der Waals surface area contributed by atoms with Gasteiger partial charge in [0.1, 0.15) is 18.2 Å². The number of anilines is 4. The number of hydrogen-bond acceptors (Lipinski definition) is 8. The molecular formula is C26H32FN7O4S. The van der Waals surface area contributed by atoms with Gasteiger partial charge in [0.2, 0.25) is 16.0 Å². The molecule has 13 heteroatoms. The number of amides is 2. The number of methoxy groups -OCH3 is 1. The van der Waals surface area contributed by atoms with Crippen molar-refractivity contribution >= 4 is 39.2 Å². The number of alkyl halides is 1. The average Bonchev–Trinajstić information content (AvgIpc) is 3.26. The number of nitrogens with zero attached hydrogens (tertiary/aromatic N) is 4. The Morgan fingerprint density at radius 3 is 2.59 bits per heavy atom. The van der Waals surface area contributed by atoms with Gasteiger partial charge in [-0.1, -0.05) is 24.3 Å². The van der Waals surface area contributed by atoms with E-state index in [0.29, 0.717) is 23.5 Å². The van der Waals surface area contributed by atoms with Gasteiger partial charge in [0.05, 0.1) is 31.1 Å². The molecule has 0 spiro atoms. The number of halogens is 1. The van der Waals surface area contributed by atoms with Crippen molar-refractivity contribution in [3.05, 3.63) is 65.4 Å². The molecule has 11 nitrogen and oxygen atoms in total. The first-order valence-corrected chi connectivity index (χ1v) is 14.0. The number of fused-ring (bicyclic) bond motifs is 1. The van der Waals surface area contributed by atoms with Gasteiger partial charge in [-0.15, -0.1) is 0 Å². The molecule has 4 rings (SSSR count). The standard InChI is InChI=1S/C26H32FN7O4S/c1-33(2)26(35)29-18-10-11-20(22(13-18)38-4)31-25-28-15-17(14-27)24(32-25)30-21-12-16-8-6-7-9-19(16)23(21)34(3)39(5,36)37/h6-11,13,15,21,23H,12,14H2,1-5H3,(H,29,35)(H2,28,30,31,32). The Morgan fingerprint density at radius 1 is 1.18 bits per heavy atom. The van der Waals surface area contributed by atoms with E-state index in [1.165, 1.54) is 29.6 Å². The number of sulfonamides is 1. The first-order valence-electron chi connectivity index (χ1n) is 12.1. The molecule has 1 aromatic heterocycles. The summed E-state index contributed by atoms with van der Waals surface area (Å²) in [6, 6.07) is 11.5. The zero-order chi connectivity index (χ0) is 28.3. The molecular weight excluding hydrogens is 525 g/mol. The largest absolute Gasteiger partial charge is 0.494 e. The Hall–Kier alpha value is -3.97. The number of benzene rings is 2.